The molecule has 1 heterocycles. The second kappa shape index (κ2) is 7.21. The predicted octanol–water partition coefficient (Wildman–Crippen LogP) is 6.07. The highest BCUT2D eigenvalue weighted by atomic mass is 19.4. The summed E-state index contributed by atoms with van der Waals surface area (Å²) in [6, 6.07) is 9.28. The van der Waals surface area contributed by atoms with Crippen molar-refractivity contribution in [3.05, 3.63) is 77.8 Å². The Morgan fingerprint density at radius 3 is 1.96 bits per heavy atom. The predicted molar refractivity (Wildman–Crippen MR) is 89.0 cm³/mol. The highest BCUT2D eigenvalue weighted by molar-refractivity contribution is 5.83. The van der Waals surface area contributed by atoms with Crippen molar-refractivity contribution in [1.82, 2.24) is 0 Å². The maximum Gasteiger partial charge on any atom is 0.573 e. The quantitative estimate of drug-likeness (QED) is 0.577. The zero-order valence-corrected chi connectivity index (χ0v) is 14.0. The smallest absolute Gasteiger partial charge is 0.406 e. The monoisotopic (exact) mass is 403 g/mol. The Morgan fingerprint density at radius 1 is 0.821 bits per heavy atom. The largest absolute Gasteiger partial charge is 0.573 e. The van der Waals surface area contributed by atoms with Gasteiger partial charge in [-0.15, -0.1) is 13.2 Å². The van der Waals surface area contributed by atoms with E-state index in [1.807, 2.05) is 0 Å². The van der Waals surface area contributed by atoms with Gasteiger partial charge in [-0.2, -0.15) is 13.2 Å². The lowest BCUT2D eigenvalue weighted by Gasteiger charge is -2.28. The van der Waals surface area contributed by atoms with Crippen molar-refractivity contribution in [2.45, 2.75) is 12.5 Å². The lowest BCUT2D eigenvalue weighted by atomic mass is 9.95. The molecule has 2 aromatic carbocycles. The van der Waals surface area contributed by atoms with E-state index in [1.165, 1.54) is 35.4 Å². The van der Waals surface area contributed by atoms with Gasteiger partial charge in [0.2, 0.25) is 0 Å². The molecule has 0 spiro atoms. The summed E-state index contributed by atoms with van der Waals surface area (Å²) >= 11 is 0. The number of anilines is 1. The van der Waals surface area contributed by atoms with Gasteiger partial charge in [0.05, 0.1) is 5.57 Å². The highest BCUT2D eigenvalue weighted by Gasteiger charge is 2.38. The van der Waals surface area contributed by atoms with Gasteiger partial charge < -0.3 is 9.64 Å². The molecule has 0 saturated carbocycles. The van der Waals surface area contributed by atoms with Gasteiger partial charge >= 0.3 is 12.5 Å². The third-order valence-electron chi connectivity index (χ3n) is 3.93. The van der Waals surface area contributed by atoms with Crippen LogP contribution in [0.3, 0.4) is 0 Å². The van der Waals surface area contributed by atoms with Crippen molar-refractivity contribution in [1.29, 1.82) is 0 Å². The number of allylic oxidation sites excluding steroid dienone is 2. The molecule has 148 valence electrons. The number of halogens is 7. The maximum absolute atomic E-state index is 13.4. The first-order chi connectivity index (χ1) is 13.0. The van der Waals surface area contributed by atoms with E-state index in [0.29, 0.717) is 5.69 Å². The molecule has 0 fully saturated rings. The van der Waals surface area contributed by atoms with Gasteiger partial charge in [0.15, 0.2) is 0 Å². The Labute approximate surface area is 155 Å². The molecule has 0 bridgehead atoms. The molecule has 0 aliphatic carbocycles. The Morgan fingerprint density at radius 2 is 1.43 bits per heavy atom. The first kappa shape index (κ1) is 19.8. The minimum Gasteiger partial charge on any atom is -0.406 e. The van der Waals surface area contributed by atoms with Crippen LogP contribution in [0.1, 0.15) is 5.56 Å². The molecule has 1 aliphatic heterocycles. The van der Waals surface area contributed by atoms with Gasteiger partial charge in [-0.1, -0.05) is 18.2 Å². The van der Waals surface area contributed by atoms with Crippen LogP contribution in [0, 0.1) is 5.82 Å². The highest BCUT2D eigenvalue weighted by Crippen LogP contribution is 2.39. The summed E-state index contributed by atoms with van der Waals surface area (Å²) in [5.74, 6) is -1.03. The van der Waals surface area contributed by atoms with Crippen LogP contribution >= 0.6 is 0 Å². The summed E-state index contributed by atoms with van der Waals surface area (Å²) in [5, 5.41) is 0. The third-order valence-corrected chi connectivity index (χ3v) is 3.93. The second-order valence-electron chi connectivity index (χ2n) is 5.86. The van der Waals surface area contributed by atoms with Crippen molar-refractivity contribution in [3.63, 3.8) is 0 Å². The average molecular weight is 403 g/mol. The number of hydrogen-bond donors (Lipinski definition) is 0. The Kier molecular flexibility index (Phi) is 5.10. The Hall–Kier alpha value is -2.97. The molecule has 0 atom stereocenters. The maximum atomic E-state index is 13.4. The van der Waals surface area contributed by atoms with Crippen LogP contribution in [-0.4, -0.2) is 19.1 Å². The van der Waals surface area contributed by atoms with E-state index in [2.05, 4.69) is 4.74 Å². The molecule has 28 heavy (non-hydrogen) atoms. The summed E-state index contributed by atoms with van der Waals surface area (Å²) in [4.78, 5) is 1.44. The van der Waals surface area contributed by atoms with Gasteiger partial charge in [0, 0.05) is 24.0 Å². The summed E-state index contributed by atoms with van der Waals surface area (Å²) in [7, 11) is 0. The minimum absolute atomic E-state index is 0.140. The summed E-state index contributed by atoms with van der Waals surface area (Å²) in [5.41, 5.74) is -0.514. The third kappa shape index (κ3) is 4.65. The topological polar surface area (TPSA) is 12.5 Å². The van der Waals surface area contributed by atoms with Crippen LogP contribution in [0.2, 0.25) is 0 Å². The molecule has 0 aromatic heterocycles. The average Bonchev–Trinajstić information content (AvgIpc) is 2.60. The lowest BCUT2D eigenvalue weighted by molar-refractivity contribution is -0.274. The van der Waals surface area contributed by atoms with E-state index in [9.17, 15) is 30.7 Å². The zero-order chi connectivity index (χ0) is 20.5. The van der Waals surface area contributed by atoms with Crippen molar-refractivity contribution in [2.24, 2.45) is 0 Å². The molecule has 2 nitrogen and oxygen atoms in total. The molecule has 9 heteroatoms. The fraction of sp³-hybridized carbons (Fsp3) is 0.158. The van der Waals surface area contributed by atoms with Crippen LogP contribution in [0.5, 0.6) is 5.75 Å². The van der Waals surface area contributed by atoms with E-state index in [1.54, 1.807) is 0 Å². The molecule has 0 unspecified atom stereocenters. The van der Waals surface area contributed by atoms with Crippen LogP contribution in [-0.2, 0) is 0 Å². The summed E-state index contributed by atoms with van der Waals surface area (Å²) in [6.07, 6.45) is -7.25. The number of ether oxygens (including phenoxy) is 1. The van der Waals surface area contributed by atoms with E-state index in [0.717, 1.165) is 30.3 Å². The second-order valence-corrected chi connectivity index (χ2v) is 5.86. The van der Waals surface area contributed by atoms with Gasteiger partial charge in [-0.3, -0.25) is 0 Å². The van der Waals surface area contributed by atoms with Crippen molar-refractivity contribution in [2.75, 3.05) is 11.4 Å². The molecule has 0 N–H and O–H groups in total. The number of hydrogen-bond acceptors (Lipinski definition) is 2. The van der Waals surface area contributed by atoms with Crippen molar-refractivity contribution >= 4 is 11.3 Å². The molecule has 0 saturated heterocycles. The molecule has 1 aliphatic rings. The first-order valence-corrected chi connectivity index (χ1v) is 7.91. The Balaban J connectivity index is 1.93. The standard InChI is InChI=1S/C19H12F7NO/c20-13-3-1-12(2-4-13)16-11-27(10-9-17(16)18(21,22)23)14-5-7-15(8-6-14)28-19(24,25)26/h1-9,11H,10H2. The molecular formula is C19H12F7NO. The SMILES string of the molecule is Fc1ccc(C2=CN(c3ccc(OC(F)(F)F)cc3)CC=C2C(F)(F)F)cc1. The Bertz CT molecular complexity index is 894. The first-order valence-electron chi connectivity index (χ1n) is 7.91. The number of rotatable bonds is 3. The lowest BCUT2D eigenvalue weighted by Crippen LogP contribution is -2.25. The molecule has 3 rings (SSSR count). The van der Waals surface area contributed by atoms with Crippen molar-refractivity contribution < 1.29 is 35.5 Å². The molecule has 0 amide bonds. The fourth-order valence-corrected chi connectivity index (χ4v) is 2.72. The summed E-state index contributed by atoms with van der Waals surface area (Å²) < 4.78 is 93.7. The van der Waals surface area contributed by atoms with Gasteiger partial charge in [0.25, 0.3) is 0 Å². The van der Waals surface area contributed by atoms with Gasteiger partial charge in [-0.05, 0) is 42.0 Å². The van der Waals surface area contributed by atoms with Gasteiger partial charge in [0.1, 0.15) is 11.6 Å². The van der Waals surface area contributed by atoms with Crippen molar-refractivity contribution in [3.8, 4) is 5.75 Å². The molecule has 0 radical (unpaired) electrons. The zero-order valence-electron chi connectivity index (χ0n) is 14.0. The molecular weight excluding hydrogens is 391 g/mol. The van der Waals surface area contributed by atoms with E-state index >= 15 is 0 Å². The van der Waals surface area contributed by atoms with Gasteiger partial charge in [-0.25, -0.2) is 4.39 Å². The van der Waals surface area contributed by atoms with Crippen LogP contribution < -0.4 is 9.64 Å². The van der Waals surface area contributed by atoms with E-state index in [4.69, 9.17) is 0 Å². The minimum atomic E-state index is -4.84. The van der Waals surface area contributed by atoms with Crippen LogP contribution in [0.4, 0.5) is 36.4 Å². The van der Waals surface area contributed by atoms with E-state index in [-0.39, 0.29) is 17.7 Å². The van der Waals surface area contributed by atoms with E-state index < -0.39 is 29.7 Å². The number of nitrogens with zero attached hydrogens (tertiary/aromatic N) is 1. The fourth-order valence-electron chi connectivity index (χ4n) is 2.72. The van der Waals surface area contributed by atoms with Crippen LogP contribution in [0.15, 0.2) is 66.4 Å². The van der Waals surface area contributed by atoms with Crippen LogP contribution in [0.25, 0.3) is 5.57 Å². The molecule has 2 aromatic rings. The summed E-state index contributed by atoms with van der Waals surface area (Å²) in [6.45, 7) is -0.140. The number of alkyl halides is 6. The normalized spacial score (nSPS) is 15.2. The number of benzene rings is 2.